The SMILES string of the molecule is CSC1(CS(=O)(=O)O)N=CC2=C(N1)c1ccc(Cl)cc1C(c1ccccc1Cl)=NC2. The fourth-order valence-electron chi connectivity index (χ4n) is 3.46. The Morgan fingerprint density at radius 1 is 1.17 bits per heavy atom. The molecular weight excluding hydrogens is 465 g/mol. The Kier molecular flexibility index (Phi) is 5.71. The minimum absolute atomic E-state index is 0.315. The number of aliphatic imine (C=N–C) groups is 2. The van der Waals surface area contributed by atoms with Gasteiger partial charge in [-0.05, 0) is 24.5 Å². The highest BCUT2D eigenvalue weighted by Crippen LogP contribution is 2.36. The predicted molar refractivity (Wildman–Crippen MR) is 125 cm³/mol. The first-order valence-corrected chi connectivity index (χ1v) is 12.5. The van der Waals surface area contributed by atoms with Crippen molar-refractivity contribution in [2.75, 3.05) is 18.6 Å². The van der Waals surface area contributed by atoms with Gasteiger partial charge in [0.05, 0.1) is 18.0 Å². The highest BCUT2D eigenvalue weighted by molar-refractivity contribution is 8.01. The van der Waals surface area contributed by atoms with Gasteiger partial charge in [0.1, 0.15) is 5.75 Å². The number of fused-ring (bicyclic) bond motifs is 2. The van der Waals surface area contributed by atoms with E-state index in [4.69, 9.17) is 28.2 Å². The van der Waals surface area contributed by atoms with Gasteiger partial charge in [-0.2, -0.15) is 8.42 Å². The molecule has 0 saturated carbocycles. The average molecular weight is 482 g/mol. The fourth-order valence-corrected chi connectivity index (χ4v) is 5.78. The first-order valence-electron chi connectivity index (χ1n) is 8.88. The van der Waals surface area contributed by atoms with E-state index in [1.54, 1.807) is 24.6 Å². The summed E-state index contributed by atoms with van der Waals surface area (Å²) in [6.45, 7) is 0.315. The van der Waals surface area contributed by atoms with Gasteiger partial charge in [0, 0.05) is 38.5 Å². The third-order valence-electron chi connectivity index (χ3n) is 4.83. The van der Waals surface area contributed by atoms with Crippen LogP contribution in [0, 0.1) is 0 Å². The van der Waals surface area contributed by atoms with Crippen LogP contribution in [0.4, 0.5) is 0 Å². The van der Waals surface area contributed by atoms with Crippen molar-refractivity contribution in [2.45, 2.75) is 4.99 Å². The van der Waals surface area contributed by atoms with Crippen molar-refractivity contribution in [1.29, 1.82) is 0 Å². The smallest absolute Gasteiger partial charge is 0.270 e. The number of nitrogens with one attached hydrogen (secondary N) is 1. The summed E-state index contributed by atoms with van der Waals surface area (Å²) in [6.07, 6.45) is 3.34. The van der Waals surface area contributed by atoms with Crippen molar-refractivity contribution in [3.63, 3.8) is 0 Å². The van der Waals surface area contributed by atoms with E-state index in [1.807, 2.05) is 30.3 Å². The first kappa shape index (κ1) is 21.4. The molecule has 4 rings (SSSR count). The van der Waals surface area contributed by atoms with Gasteiger partial charge in [-0.25, -0.2) is 0 Å². The number of hydrogen-bond acceptors (Lipinski definition) is 6. The molecule has 1 atom stereocenters. The monoisotopic (exact) mass is 481 g/mol. The second kappa shape index (κ2) is 8.01. The van der Waals surface area contributed by atoms with E-state index in [2.05, 4.69) is 10.3 Å². The minimum Gasteiger partial charge on any atom is -0.351 e. The van der Waals surface area contributed by atoms with Gasteiger partial charge in [-0.15, -0.1) is 11.8 Å². The van der Waals surface area contributed by atoms with Crippen LogP contribution >= 0.6 is 35.0 Å². The zero-order valence-corrected chi connectivity index (χ0v) is 18.9. The molecule has 2 heterocycles. The van der Waals surface area contributed by atoms with Crippen LogP contribution in [0.25, 0.3) is 5.70 Å². The van der Waals surface area contributed by atoms with Crippen molar-refractivity contribution in [3.8, 4) is 0 Å². The van der Waals surface area contributed by atoms with E-state index in [9.17, 15) is 13.0 Å². The maximum absolute atomic E-state index is 11.6. The third-order valence-corrected chi connectivity index (χ3v) is 7.39. The van der Waals surface area contributed by atoms with Crippen LogP contribution in [-0.2, 0) is 10.1 Å². The van der Waals surface area contributed by atoms with E-state index < -0.39 is 20.9 Å². The van der Waals surface area contributed by atoms with Crippen LogP contribution < -0.4 is 5.32 Å². The summed E-state index contributed by atoms with van der Waals surface area (Å²) in [4.78, 5) is 7.93. The Balaban J connectivity index is 1.87. The van der Waals surface area contributed by atoms with Crippen LogP contribution in [0.15, 0.2) is 58.0 Å². The van der Waals surface area contributed by atoms with Gasteiger partial charge < -0.3 is 5.32 Å². The van der Waals surface area contributed by atoms with Crippen LogP contribution in [0.5, 0.6) is 0 Å². The second-order valence-electron chi connectivity index (χ2n) is 6.83. The topological polar surface area (TPSA) is 91.1 Å². The van der Waals surface area contributed by atoms with Gasteiger partial charge in [0.25, 0.3) is 10.1 Å². The molecule has 0 bridgehead atoms. The lowest BCUT2D eigenvalue weighted by molar-refractivity contribution is 0.468. The zero-order chi connectivity index (χ0) is 21.5. The van der Waals surface area contributed by atoms with E-state index in [1.165, 1.54) is 11.8 Å². The molecule has 0 aromatic heterocycles. The van der Waals surface area contributed by atoms with E-state index in [0.717, 1.165) is 22.3 Å². The molecule has 2 aromatic rings. The zero-order valence-electron chi connectivity index (χ0n) is 15.8. The Bertz CT molecular complexity index is 1230. The summed E-state index contributed by atoms with van der Waals surface area (Å²) in [6, 6.07) is 12.9. The molecule has 2 aromatic carbocycles. The summed E-state index contributed by atoms with van der Waals surface area (Å²) in [5.74, 6) is -0.574. The fraction of sp³-hybridized carbons (Fsp3) is 0.200. The van der Waals surface area contributed by atoms with E-state index >= 15 is 0 Å². The normalized spacial score (nSPS) is 20.7. The molecule has 6 nitrogen and oxygen atoms in total. The number of halogens is 2. The molecule has 2 aliphatic heterocycles. The number of rotatable bonds is 4. The standard InChI is InChI=1S/C20H17Cl2N3O3S2/c1-29-20(11-30(26,27)28)24-10-12-9-23-19(15-4-2-3-5-17(15)22)16-8-13(21)6-7-14(16)18(12)25-20/h2-8,10,25H,9,11H2,1H3,(H,26,27,28). The van der Waals surface area contributed by atoms with Gasteiger partial charge >= 0.3 is 0 Å². The van der Waals surface area contributed by atoms with Gasteiger partial charge in [-0.1, -0.05) is 47.5 Å². The molecule has 0 spiro atoms. The molecule has 10 heteroatoms. The molecule has 0 radical (unpaired) electrons. The summed E-state index contributed by atoms with van der Waals surface area (Å²) in [5.41, 5.74) is 4.51. The van der Waals surface area contributed by atoms with Crippen LogP contribution in [0.1, 0.15) is 16.7 Å². The molecule has 2 aliphatic rings. The number of hydrogen-bond donors (Lipinski definition) is 2. The Hall–Kier alpha value is -1.84. The number of nitrogens with zero attached hydrogens (tertiary/aromatic N) is 2. The van der Waals surface area contributed by atoms with Crippen molar-refractivity contribution in [2.24, 2.45) is 9.98 Å². The number of thioether (sulfide) groups is 1. The van der Waals surface area contributed by atoms with Crippen molar-refractivity contribution >= 4 is 62.7 Å². The van der Waals surface area contributed by atoms with E-state index in [0.29, 0.717) is 28.0 Å². The third kappa shape index (κ3) is 4.15. The molecule has 156 valence electrons. The Morgan fingerprint density at radius 3 is 2.63 bits per heavy atom. The lowest BCUT2D eigenvalue weighted by Crippen LogP contribution is -2.47. The largest absolute Gasteiger partial charge is 0.351 e. The second-order valence-corrected chi connectivity index (χ2v) is 10.2. The van der Waals surface area contributed by atoms with Crippen molar-refractivity contribution in [1.82, 2.24) is 5.32 Å². The lowest BCUT2D eigenvalue weighted by Gasteiger charge is -2.34. The van der Waals surface area contributed by atoms with Crippen LogP contribution in [0.3, 0.4) is 0 Å². The van der Waals surface area contributed by atoms with Crippen LogP contribution in [-0.4, -0.2) is 48.4 Å². The molecule has 1 unspecified atom stereocenters. The molecular formula is C20H17Cl2N3O3S2. The summed E-state index contributed by atoms with van der Waals surface area (Å²) in [5, 5.41) is 4.34. The molecule has 0 fully saturated rings. The first-order chi connectivity index (χ1) is 14.2. The molecule has 0 aliphatic carbocycles. The van der Waals surface area contributed by atoms with E-state index in [-0.39, 0.29) is 0 Å². The highest BCUT2D eigenvalue weighted by atomic mass is 35.5. The number of benzene rings is 2. The molecule has 0 saturated heterocycles. The molecule has 0 amide bonds. The van der Waals surface area contributed by atoms with Gasteiger partial charge in [0.2, 0.25) is 0 Å². The van der Waals surface area contributed by atoms with Crippen molar-refractivity contribution in [3.05, 3.63) is 74.8 Å². The average Bonchev–Trinajstić information content (AvgIpc) is 2.83. The highest BCUT2D eigenvalue weighted by Gasteiger charge is 2.38. The van der Waals surface area contributed by atoms with Gasteiger partial charge in [-0.3, -0.25) is 14.5 Å². The minimum atomic E-state index is -4.27. The maximum Gasteiger partial charge on any atom is 0.270 e. The predicted octanol–water partition coefficient (Wildman–Crippen LogP) is 4.13. The maximum atomic E-state index is 11.6. The summed E-state index contributed by atoms with van der Waals surface area (Å²) >= 11 is 13.9. The molecule has 2 N–H and O–H groups in total. The van der Waals surface area contributed by atoms with Crippen molar-refractivity contribution < 1.29 is 13.0 Å². The summed E-state index contributed by atoms with van der Waals surface area (Å²) < 4.78 is 32.7. The summed E-state index contributed by atoms with van der Waals surface area (Å²) in [7, 11) is -4.27. The Morgan fingerprint density at radius 2 is 1.93 bits per heavy atom. The lowest BCUT2D eigenvalue weighted by atomic mass is 9.95. The quantitative estimate of drug-likeness (QED) is 0.640. The molecule has 30 heavy (non-hydrogen) atoms. The Labute approximate surface area is 188 Å². The van der Waals surface area contributed by atoms with Gasteiger partial charge in [0.15, 0.2) is 4.99 Å². The van der Waals surface area contributed by atoms with Crippen LogP contribution in [0.2, 0.25) is 10.0 Å².